The third kappa shape index (κ3) is 5.35. The second-order valence-corrected chi connectivity index (χ2v) is 14.6. The molecular formula is C23H22N2O12S4. The number of hydrogen-bond donors (Lipinski definition) is 4. The minimum atomic E-state index is -6.65. The fourth-order valence-electron chi connectivity index (χ4n) is 4.77. The Labute approximate surface area is 236 Å². The number of allylic oxidation sites excluding steroid dienone is 2. The van der Waals surface area contributed by atoms with Gasteiger partial charge in [0.1, 0.15) is 0 Å². The zero-order chi connectivity index (χ0) is 30.4. The van der Waals surface area contributed by atoms with Crippen molar-refractivity contribution in [2.24, 2.45) is 0 Å². The molecule has 0 fully saturated rings. The van der Waals surface area contributed by atoms with Crippen molar-refractivity contribution < 1.29 is 51.9 Å². The van der Waals surface area contributed by atoms with E-state index in [1.165, 1.54) is 72.8 Å². The predicted octanol–water partition coefficient (Wildman–Crippen LogP) is 1.88. The molecule has 41 heavy (non-hydrogen) atoms. The highest BCUT2D eigenvalue weighted by Gasteiger charge is 2.76. The molecule has 18 heteroatoms. The normalized spacial score (nSPS) is 16.4. The van der Waals surface area contributed by atoms with Gasteiger partial charge >= 0.3 is 45.2 Å². The predicted molar refractivity (Wildman–Crippen MR) is 145 cm³/mol. The Morgan fingerprint density at radius 3 is 1.27 bits per heavy atom. The average Bonchev–Trinajstić information content (AvgIpc) is 3.19. The first-order valence-electron chi connectivity index (χ1n) is 11.3. The van der Waals surface area contributed by atoms with Gasteiger partial charge in [0.15, 0.2) is 0 Å². The Morgan fingerprint density at radius 1 is 0.561 bits per heavy atom. The van der Waals surface area contributed by atoms with Gasteiger partial charge in [0.25, 0.3) is 0 Å². The van der Waals surface area contributed by atoms with E-state index in [0.29, 0.717) is 0 Å². The molecule has 0 unspecified atom stereocenters. The molecule has 0 bridgehead atoms. The van der Waals surface area contributed by atoms with Gasteiger partial charge < -0.3 is 0 Å². The highest BCUT2D eigenvalue weighted by molar-refractivity contribution is 8.06. The van der Waals surface area contributed by atoms with E-state index in [1.807, 2.05) is 0 Å². The number of nitrogens with zero attached hydrogens (tertiary/aromatic N) is 2. The van der Waals surface area contributed by atoms with Crippen molar-refractivity contribution >= 4 is 40.8 Å². The van der Waals surface area contributed by atoms with Gasteiger partial charge in [-0.25, -0.2) is 0 Å². The van der Waals surface area contributed by atoms with Crippen LogP contribution in [-0.2, 0) is 47.3 Å². The molecule has 0 aliphatic carbocycles. The summed E-state index contributed by atoms with van der Waals surface area (Å²) < 4.78 is 138. The molecule has 0 saturated heterocycles. The first kappa shape index (κ1) is 30.6. The van der Waals surface area contributed by atoms with Crippen molar-refractivity contribution in [1.82, 2.24) is 8.61 Å². The molecule has 0 spiro atoms. The fourth-order valence-corrected chi connectivity index (χ4v) is 11.0. The minimum absolute atomic E-state index is 0.129. The van der Waals surface area contributed by atoms with Crippen LogP contribution in [0.1, 0.15) is 22.6 Å². The van der Waals surface area contributed by atoms with Crippen molar-refractivity contribution in [2.75, 3.05) is 0 Å². The smallest absolute Gasteiger partial charge is 0.281 e. The van der Waals surface area contributed by atoms with E-state index in [1.54, 1.807) is 18.2 Å². The van der Waals surface area contributed by atoms with E-state index in [4.69, 9.17) is 0 Å². The zero-order valence-electron chi connectivity index (χ0n) is 20.5. The largest absolute Gasteiger partial charge is 0.400 e. The van der Waals surface area contributed by atoms with Gasteiger partial charge in [-0.1, -0.05) is 91.0 Å². The van der Waals surface area contributed by atoms with E-state index in [9.17, 15) is 51.9 Å². The van der Waals surface area contributed by atoms with Gasteiger partial charge in [0.2, 0.25) is 0 Å². The summed E-state index contributed by atoms with van der Waals surface area (Å²) in [5, 5.41) is 0. The second-order valence-electron chi connectivity index (χ2n) is 8.73. The molecule has 0 atom stereocenters. The number of rotatable bonds is 9. The Hall–Kier alpha value is -3.36. The Morgan fingerprint density at radius 2 is 0.927 bits per heavy atom. The number of benzene rings is 3. The highest BCUT2D eigenvalue weighted by Crippen LogP contribution is 2.53. The molecule has 3 aromatic rings. The van der Waals surface area contributed by atoms with Crippen LogP contribution < -0.4 is 0 Å². The van der Waals surface area contributed by atoms with Crippen molar-refractivity contribution in [1.29, 1.82) is 0 Å². The van der Waals surface area contributed by atoms with Gasteiger partial charge in [-0.15, -0.1) is 0 Å². The second kappa shape index (κ2) is 10.5. The summed E-state index contributed by atoms with van der Waals surface area (Å²) in [5.41, 5.74) is -1.65. The lowest BCUT2D eigenvalue weighted by molar-refractivity contribution is 0.236. The molecule has 0 radical (unpaired) electrons. The summed E-state index contributed by atoms with van der Waals surface area (Å²) in [6.07, 6.45) is -0.787. The lowest BCUT2D eigenvalue weighted by atomic mass is 9.87. The van der Waals surface area contributed by atoms with Crippen LogP contribution in [-0.4, -0.2) is 64.8 Å². The van der Waals surface area contributed by atoms with E-state index >= 15 is 0 Å². The molecule has 1 heterocycles. The monoisotopic (exact) mass is 646 g/mol. The lowest BCUT2D eigenvalue weighted by Crippen LogP contribution is -2.67. The quantitative estimate of drug-likeness (QED) is 0.245. The standard InChI is InChI=1S/C23H22N2O12S4/c26-38(27,28)23(39(29,30)31)24(40(32,33)34)20(16-17-10-4-1-5-11-17)22(25(23)41(35,36)37)21(18-12-6-2-7-13-18)19-14-8-3-9-15-19/h1-15,21H,16H2,(H,26,27,28)(H,29,30,31)(H,32,33,34)(H,35,36,37). The van der Waals surface area contributed by atoms with Crippen LogP contribution >= 0.6 is 0 Å². The van der Waals surface area contributed by atoms with E-state index in [-0.39, 0.29) is 16.7 Å². The minimum Gasteiger partial charge on any atom is -0.281 e. The Kier molecular flexibility index (Phi) is 7.82. The fraction of sp³-hybridized carbons (Fsp3) is 0.130. The van der Waals surface area contributed by atoms with Crippen LogP contribution in [0.25, 0.3) is 0 Å². The highest BCUT2D eigenvalue weighted by atomic mass is 32.3. The molecule has 0 saturated carbocycles. The molecule has 0 aromatic heterocycles. The van der Waals surface area contributed by atoms with Crippen LogP contribution in [0.5, 0.6) is 0 Å². The van der Waals surface area contributed by atoms with Crippen molar-refractivity contribution in [2.45, 2.75) is 16.7 Å². The summed E-state index contributed by atoms with van der Waals surface area (Å²) in [6, 6.07) is 21.9. The molecule has 0 amide bonds. The molecule has 4 rings (SSSR count). The summed E-state index contributed by atoms with van der Waals surface area (Å²) in [5.74, 6) is -1.58. The maximum atomic E-state index is 13.0. The summed E-state index contributed by atoms with van der Waals surface area (Å²) in [6.45, 7) is 0. The van der Waals surface area contributed by atoms with Crippen LogP contribution in [0.4, 0.5) is 0 Å². The zero-order valence-corrected chi connectivity index (χ0v) is 23.8. The van der Waals surface area contributed by atoms with Crippen LogP contribution in [0.3, 0.4) is 0 Å². The third-order valence-electron chi connectivity index (χ3n) is 6.16. The molecule has 14 nitrogen and oxygen atoms in total. The van der Waals surface area contributed by atoms with E-state index in [2.05, 4.69) is 0 Å². The maximum absolute atomic E-state index is 13.0. The molecule has 220 valence electrons. The van der Waals surface area contributed by atoms with Crippen LogP contribution in [0.15, 0.2) is 102 Å². The van der Waals surface area contributed by atoms with Crippen LogP contribution in [0.2, 0.25) is 0 Å². The van der Waals surface area contributed by atoms with Gasteiger partial charge in [-0.05, 0) is 16.7 Å². The number of hydrogen-bond acceptors (Lipinski definition) is 8. The van der Waals surface area contributed by atoms with Crippen molar-refractivity contribution in [3.8, 4) is 0 Å². The maximum Gasteiger partial charge on any atom is 0.400 e. The van der Waals surface area contributed by atoms with Crippen molar-refractivity contribution in [3.63, 3.8) is 0 Å². The SMILES string of the molecule is O=S(=O)(O)N1C(Cc2ccccc2)=C(C(c2ccccc2)c2ccccc2)N(S(=O)(=O)O)C1(S(=O)(=O)O)S(=O)(=O)O. The van der Waals surface area contributed by atoms with Crippen LogP contribution in [0, 0.1) is 0 Å². The molecule has 3 aromatic carbocycles. The Bertz CT molecular complexity index is 1840. The van der Waals surface area contributed by atoms with E-state index in [0.717, 1.165) is 0 Å². The van der Waals surface area contributed by atoms with Gasteiger partial charge in [-0.2, -0.15) is 42.3 Å². The molecule has 1 aliphatic heterocycles. The topological polar surface area (TPSA) is 224 Å². The molecule has 1 aliphatic rings. The van der Waals surface area contributed by atoms with Crippen molar-refractivity contribution in [3.05, 3.63) is 119 Å². The summed E-state index contributed by atoms with van der Waals surface area (Å²) >= 11 is 0. The van der Waals surface area contributed by atoms with Gasteiger partial charge in [0, 0.05) is 6.42 Å². The third-order valence-corrected chi connectivity index (χ3v) is 11.8. The first-order valence-corrected chi connectivity index (χ1v) is 17.0. The molecule has 4 N–H and O–H groups in total. The summed E-state index contributed by atoms with van der Waals surface area (Å²) in [7, 11) is -25.7. The summed E-state index contributed by atoms with van der Waals surface area (Å²) in [4.78, 5) is 0. The Balaban J connectivity index is 2.33. The first-order chi connectivity index (χ1) is 18.9. The van der Waals surface area contributed by atoms with Gasteiger partial charge in [0.05, 0.1) is 17.3 Å². The van der Waals surface area contributed by atoms with E-state index < -0.39 is 77.5 Å². The average molecular weight is 647 g/mol. The lowest BCUT2D eigenvalue weighted by Gasteiger charge is -2.37. The molecular weight excluding hydrogens is 625 g/mol. The van der Waals surface area contributed by atoms with Gasteiger partial charge in [-0.3, -0.25) is 18.2 Å².